The van der Waals surface area contributed by atoms with E-state index in [4.69, 9.17) is 9.47 Å². The van der Waals surface area contributed by atoms with Crippen molar-refractivity contribution in [3.8, 4) is 0 Å². The summed E-state index contributed by atoms with van der Waals surface area (Å²) in [6.07, 6.45) is -1.01. The lowest BCUT2D eigenvalue weighted by molar-refractivity contribution is -0.144. The Morgan fingerprint density at radius 2 is 2.00 bits per heavy atom. The van der Waals surface area contributed by atoms with Crippen molar-refractivity contribution < 1.29 is 24.2 Å². The van der Waals surface area contributed by atoms with E-state index >= 15 is 0 Å². The summed E-state index contributed by atoms with van der Waals surface area (Å²) < 4.78 is 10.6. The van der Waals surface area contributed by atoms with Gasteiger partial charge in [-0.05, 0) is 38.8 Å². The van der Waals surface area contributed by atoms with Crippen LogP contribution in [0, 0.1) is 0 Å². The van der Waals surface area contributed by atoms with Gasteiger partial charge in [0.25, 0.3) is 0 Å². The molecule has 126 valence electrons. The maximum atomic E-state index is 11.8. The Hall–Kier alpha value is -2.08. The van der Waals surface area contributed by atoms with Gasteiger partial charge in [-0.2, -0.15) is 0 Å². The molecular formula is C17H23NO5. The Labute approximate surface area is 136 Å². The molecule has 1 aromatic carbocycles. The second-order valence-corrected chi connectivity index (χ2v) is 6.07. The van der Waals surface area contributed by atoms with E-state index in [2.05, 4.69) is 0 Å². The van der Waals surface area contributed by atoms with Gasteiger partial charge in [0, 0.05) is 0 Å². The summed E-state index contributed by atoms with van der Waals surface area (Å²) in [6.45, 7) is 7.69. The zero-order valence-electron chi connectivity index (χ0n) is 13.9. The monoisotopic (exact) mass is 321 g/mol. The van der Waals surface area contributed by atoms with E-state index < -0.39 is 11.8 Å². The fourth-order valence-electron chi connectivity index (χ4n) is 2.82. The number of hydrogen-bond acceptors (Lipinski definition) is 4. The molecule has 2 atom stereocenters. The number of carbonyl (C=O) groups excluding carboxylic acids is 1. The molecule has 0 radical (unpaired) electrons. The van der Waals surface area contributed by atoms with E-state index in [-0.39, 0.29) is 17.9 Å². The van der Waals surface area contributed by atoms with Crippen LogP contribution in [-0.4, -0.2) is 41.0 Å². The van der Waals surface area contributed by atoms with Crippen molar-refractivity contribution in [3.05, 3.63) is 35.4 Å². The van der Waals surface area contributed by atoms with Crippen LogP contribution in [0.25, 0.3) is 0 Å². The van der Waals surface area contributed by atoms with Gasteiger partial charge >= 0.3 is 12.1 Å². The molecule has 1 fully saturated rings. The quantitative estimate of drug-likeness (QED) is 0.862. The first-order chi connectivity index (χ1) is 10.8. The smallest absolute Gasteiger partial charge is 0.410 e. The highest BCUT2D eigenvalue weighted by atomic mass is 16.5. The molecule has 6 nitrogen and oxygen atoms in total. The van der Waals surface area contributed by atoms with Gasteiger partial charge in [-0.15, -0.1) is 0 Å². The SMILES string of the molecule is CCOC(=O)C(C)c1ccc(C2COC(C)(C)N2C(=O)O)cc1. The van der Waals surface area contributed by atoms with Crippen LogP contribution < -0.4 is 0 Å². The van der Waals surface area contributed by atoms with E-state index in [1.165, 1.54) is 4.90 Å². The number of esters is 1. The second kappa shape index (κ2) is 6.58. The summed E-state index contributed by atoms with van der Waals surface area (Å²) >= 11 is 0. The van der Waals surface area contributed by atoms with E-state index in [0.29, 0.717) is 13.2 Å². The average Bonchev–Trinajstić information content (AvgIpc) is 2.82. The molecule has 2 rings (SSSR count). The maximum absolute atomic E-state index is 11.8. The van der Waals surface area contributed by atoms with Crippen LogP contribution in [0.4, 0.5) is 4.79 Å². The normalized spacial score (nSPS) is 21.0. The zero-order chi connectivity index (χ0) is 17.2. The number of nitrogens with zero attached hydrogens (tertiary/aromatic N) is 1. The van der Waals surface area contributed by atoms with Gasteiger partial charge in [-0.3, -0.25) is 9.69 Å². The number of ether oxygens (including phenoxy) is 2. The maximum Gasteiger partial charge on any atom is 0.410 e. The number of carboxylic acid groups (broad SMARTS) is 1. The minimum Gasteiger partial charge on any atom is -0.466 e. The van der Waals surface area contributed by atoms with Crippen LogP contribution in [0.3, 0.4) is 0 Å². The molecule has 23 heavy (non-hydrogen) atoms. The molecular weight excluding hydrogens is 298 g/mol. The third-order valence-electron chi connectivity index (χ3n) is 4.15. The highest BCUT2D eigenvalue weighted by molar-refractivity contribution is 5.77. The number of hydrogen-bond donors (Lipinski definition) is 1. The first-order valence-corrected chi connectivity index (χ1v) is 7.70. The Morgan fingerprint density at radius 1 is 1.39 bits per heavy atom. The number of rotatable bonds is 4. The fourth-order valence-corrected chi connectivity index (χ4v) is 2.82. The van der Waals surface area contributed by atoms with E-state index in [9.17, 15) is 14.7 Å². The van der Waals surface area contributed by atoms with Crippen molar-refractivity contribution in [3.63, 3.8) is 0 Å². The predicted molar refractivity (Wildman–Crippen MR) is 84.1 cm³/mol. The van der Waals surface area contributed by atoms with E-state index in [1.54, 1.807) is 27.7 Å². The molecule has 0 bridgehead atoms. The van der Waals surface area contributed by atoms with Crippen LogP contribution in [-0.2, 0) is 14.3 Å². The van der Waals surface area contributed by atoms with Crippen molar-refractivity contribution in [2.45, 2.75) is 45.4 Å². The van der Waals surface area contributed by atoms with Gasteiger partial charge in [-0.25, -0.2) is 4.79 Å². The van der Waals surface area contributed by atoms with E-state index in [0.717, 1.165) is 11.1 Å². The van der Waals surface area contributed by atoms with Crippen LogP contribution in [0.15, 0.2) is 24.3 Å². The minimum atomic E-state index is -1.01. The van der Waals surface area contributed by atoms with Crippen molar-refractivity contribution in [2.75, 3.05) is 13.2 Å². The van der Waals surface area contributed by atoms with Gasteiger partial charge < -0.3 is 14.6 Å². The Balaban J connectivity index is 2.20. The standard InChI is InChI=1S/C17H23NO5/c1-5-22-15(19)11(2)12-6-8-13(9-7-12)14-10-23-17(3,4)18(14)16(20)21/h6-9,11,14H,5,10H2,1-4H3,(H,20,21). The lowest BCUT2D eigenvalue weighted by atomic mass is 9.97. The summed E-state index contributed by atoms with van der Waals surface area (Å²) in [7, 11) is 0. The van der Waals surface area contributed by atoms with Crippen molar-refractivity contribution in [1.82, 2.24) is 4.90 Å². The zero-order valence-corrected chi connectivity index (χ0v) is 13.9. The van der Waals surface area contributed by atoms with Gasteiger partial charge in [0.1, 0.15) is 5.72 Å². The van der Waals surface area contributed by atoms with Crippen molar-refractivity contribution in [2.24, 2.45) is 0 Å². The molecule has 0 spiro atoms. The highest BCUT2D eigenvalue weighted by Crippen LogP contribution is 2.37. The summed E-state index contributed by atoms with van der Waals surface area (Å²) in [5.74, 6) is -0.617. The number of carbonyl (C=O) groups is 2. The Morgan fingerprint density at radius 3 is 2.52 bits per heavy atom. The first kappa shape index (κ1) is 17.3. The van der Waals surface area contributed by atoms with E-state index in [1.807, 2.05) is 24.3 Å². The molecule has 0 saturated carbocycles. The minimum absolute atomic E-state index is 0.266. The third-order valence-corrected chi connectivity index (χ3v) is 4.15. The summed E-state index contributed by atoms with van der Waals surface area (Å²) in [5.41, 5.74) is 0.831. The molecule has 1 aliphatic heterocycles. The third kappa shape index (κ3) is 3.47. The largest absolute Gasteiger partial charge is 0.466 e. The number of benzene rings is 1. The summed E-state index contributed by atoms with van der Waals surface area (Å²) in [5, 5.41) is 9.44. The molecule has 0 aliphatic carbocycles. The Kier molecular flexibility index (Phi) is 4.94. The lowest BCUT2D eigenvalue weighted by Gasteiger charge is -2.31. The fraction of sp³-hybridized carbons (Fsp3) is 0.529. The van der Waals surface area contributed by atoms with Gasteiger partial charge in [0.05, 0.1) is 25.2 Å². The van der Waals surface area contributed by atoms with Crippen LogP contribution >= 0.6 is 0 Å². The molecule has 1 aromatic rings. The number of amides is 1. The van der Waals surface area contributed by atoms with Gasteiger partial charge in [0.2, 0.25) is 0 Å². The topological polar surface area (TPSA) is 76.1 Å². The lowest BCUT2D eigenvalue weighted by Crippen LogP contribution is -2.44. The molecule has 0 aromatic heterocycles. The van der Waals surface area contributed by atoms with Crippen LogP contribution in [0.5, 0.6) is 0 Å². The van der Waals surface area contributed by atoms with Crippen LogP contribution in [0.2, 0.25) is 0 Å². The summed E-state index contributed by atoms with van der Waals surface area (Å²) in [6, 6.07) is 7.01. The second-order valence-electron chi connectivity index (χ2n) is 6.07. The molecule has 1 amide bonds. The molecule has 1 aliphatic rings. The Bertz CT molecular complexity index is 581. The van der Waals surface area contributed by atoms with Crippen molar-refractivity contribution in [1.29, 1.82) is 0 Å². The highest BCUT2D eigenvalue weighted by Gasteiger charge is 2.44. The van der Waals surface area contributed by atoms with Gasteiger partial charge in [0.15, 0.2) is 0 Å². The van der Waals surface area contributed by atoms with Gasteiger partial charge in [-0.1, -0.05) is 24.3 Å². The predicted octanol–water partition coefficient (Wildman–Crippen LogP) is 3.14. The molecule has 1 N–H and O–H groups in total. The van der Waals surface area contributed by atoms with Crippen molar-refractivity contribution >= 4 is 12.1 Å². The first-order valence-electron chi connectivity index (χ1n) is 7.70. The van der Waals surface area contributed by atoms with Crippen LogP contribution in [0.1, 0.15) is 50.8 Å². The molecule has 1 saturated heterocycles. The molecule has 1 heterocycles. The summed E-state index contributed by atoms with van der Waals surface area (Å²) in [4.78, 5) is 24.6. The molecule has 6 heteroatoms. The molecule has 2 unspecified atom stereocenters. The average molecular weight is 321 g/mol.